The van der Waals surface area contributed by atoms with Crippen molar-refractivity contribution >= 4 is 21.8 Å². The van der Waals surface area contributed by atoms with Crippen LogP contribution in [0.1, 0.15) is 29.6 Å². The number of benzene rings is 1. The molecule has 6 heteroatoms. The van der Waals surface area contributed by atoms with Crippen LogP contribution in [-0.2, 0) is 0 Å². The van der Waals surface area contributed by atoms with Gasteiger partial charge in [0.15, 0.2) is 0 Å². The summed E-state index contributed by atoms with van der Waals surface area (Å²) in [6.07, 6.45) is 3.59. The molecule has 0 unspecified atom stereocenters. The first-order chi connectivity index (χ1) is 9.58. The third-order valence-electron chi connectivity index (χ3n) is 3.40. The standard InChI is InChI=1S/C14H17BrF2N2O/c15-10-8-11(16)13(12(17)9-10)14(20)18-4-7-19-5-2-1-3-6-19/h8-9H,1-7H2,(H,18,20). The molecule has 1 aromatic rings. The fourth-order valence-electron chi connectivity index (χ4n) is 2.36. The quantitative estimate of drug-likeness (QED) is 0.908. The topological polar surface area (TPSA) is 32.3 Å². The van der Waals surface area contributed by atoms with E-state index in [0.717, 1.165) is 25.2 Å². The average Bonchev–Trinajstić information content (AvgIpc) is 2.38. The number of likely N-dealkylation sites (tertiary alicyclic amines) is 1. The fourth-order valence-corrected chi connectivity index (χ4v) is 2.76. The lowest BCUT2D eigenvalue weighted by Crippen LogP contribution is -2.38. The first kappa shape index (κ1) is 15.4. The SMILES string of the molecule is O=C(NCCN1CCCCC1)c1c(F)cc(Br)cc1F. The summed E-state index contributed by atoms with van der Waals surface area (Å²) in [5, 5.41) is 2.57. The average molecular weight is 347 g/mol. The van der Waals surface area contributed by atoms with Crippen molar-refractivity contribution in [1.82, 2.24) is 10.2 Å². The molecule has 110 valence electrons. The zero-order valence-corrected chi connectivity index (χ0v) is 12.7. The number of nitrogens with zero attached hydrogens (tertiary/aromatic N) is 1. The fraction of sp³-hybridized carbons (Fsp3) is 0.500. The van der Waals surface area contributed by atoms with Crippen molar-refractivity contribution in [3.05, 3.63) is 33.8 Å². The molecule has 1 heterocycles. The van der Waals surface area contributed by atoms with Gasteiger partial charge in [-0.25, -0.2) is 8.78 Å². The van der Waals surface area contributed by atoms with Crippen LogP contribution >= 0.6 is 15.9 Å². The highest BCUT2D eigenvalue weighted by Crippen LogP contribution is 2.19. The van der Waals surface area contributed by atoms with E-state index in [1.807, 2.05) is 0 Å². The van der Waals surface area contributed by atoms with Crippen LogP contribution in [-0.4, -0.2) is 37.0 Å². The number of carbonyl (C=O) groups is 1. The van der Waals surface area contributed by atoms with Gasteiger partial charge in [0.2, 0.25) is 0 Å². The van der Waals surface area contributed by atoms with E-state index < -0.39 is 23.1 Å². The molecule has 0 saturated carbocycles. The molecular weight excluding hydrogens is 330 g/mol. The van der Waals surface area contributed by atoms with Crippen LogP contribution in [0.3, 0.4) is 0 Å². The Hall–Kier alpha value is -1.01. The molecule has 1 amide bonds. The van der Waals surface area contributed by atoms with Gasteiger partial charge in [-0.15, -0.1) is 0 Å². The Bertz CT molecular complexity index is 467. The molecule has 1 aliphatic heterocycles. The van der Waals surface area contributed by atoms with Crippen LogP contribution in [0.15, 0.2) is 16.6 Å². The van der Waals surface area contributed by atoms with E-state index in [2.05, 4.69) is 26.1 Å². The van der Waals surface area contributed by atoms with Crippen molar-refractivity contribution in [2.75, 3.05) is 26.2 Å². The molecule has 0 aliphatic carbocycles. The molecule has 1 aliphatic rings. The number of halogens is 3. The molecule has 2 rings (SSSR count). The Morgan fingerprint density at radius 1 is 1.20 bits per heavy atom. The normalized spacial score (nSPS) is 16.1. The molecule has 3 nitrogen and oxygen atoms in total. The van der Waals surface area contributed by atoms with Gasteiger partial charge in [-0.3, -0.25) is 4.79 Å². The Labute approximate surface area is 125 Å². The molecule has 1 N–H and O–H groups in total. The first-order valence-electron chi connectivity index (χ1n) is 6.73. The zero-order chi connectivity index (χ0) is 14.5. The second kappa shape index (κ2) is 7.13. The molecule has 0 bridgehead atoms. The Morgan fingerprint density at radius 3 is 2.40 bits per heavy atom. The summed E-state index contributed by atoms with van der Waals surface area (Å²) in [5.74, 6) is -2.41. The van der Waals surface area contributed by atoms with Crippen molar-refractivity contribution in [3.8, 4) is 0 Å². The molecule has 1 aromatic carbocycles. The minimum Gasteiger partial charge on any atom is -0.351 e. The van der Waals surface area contributed by atoms with Crippen molar-refractivity contribution < 1.29 is 13.6 Å². The molecule has 0 spiro atoms. The van der Waals surface area contributed by atoms with Crippen molar-refractivity contribution in [2.24, 2.45) is 0 Å². The summed E-state index contributed by atoms with van der Waals surface area (Å²) < 4.78 is 27.5. The highest BCUT2D eigenvalue weighted by Gasteiger charge is 2.18. The maximum absolute atomic E-state index is 13.6. The summed E-state index contributed by atoms with van der Waals surface area (Å²) in [6, 6.07) is 2.17. The Kier molecular flexibility index (Phi) is 5.48. The van der Waals surface area contributed by atoms with Gasteiger partial charge in [-0.05, 0) is 38.1 Å². The van der Waals surface area contributed by atoms with Gasteiger partial charge >= 0.3 is 0 Å². The maximum Gasteiger partial charge on any atom is 0.257 e. The van der Waals surface area contributed by atoms with E-state index >= 15 is 0 Å². The van der Waals surface area contributed by atoms with E-state index in [0.29, 0.717) is 13.1 Å². The van der Waals surface area contributed by atoms with Crippen molar-refractivity contribution in [3.63, 3.8) is 0 Å². The highest BCUT2D eigenvalue weighted by molar-refractivity contribution is 9.10. The van der Waals surface area contributed by atoms with E-state index in [1.165, 1.54) is 19.3 Å². The van der Waals surface area contributed by atoms with Crippen LogP contribution < -0.4 is 5.32 Å². The van der Waals surface area contributed by atoms with Gasteiger partial charge in [0.05, 0.1) is 0 Å². The summed E-state index contributed by atoms with van der Waals surface area (Å²) in [7, 11) is 0. The second-order valence-corrected chi connectivity index (χ2v) is 5.82. The van der Waals surface area contributed by atoms with E-state index in [1.54, 1.807) is 0 Å². The molecule has 0 atom stereocenters. The minimum absolute atomic E-state index is 0.275. The van der Waals surface area contributed by atoms with Crippen LogP contribution in [0.4, 0.5) is 8.78 Å². The number of piperidine rings is 1. The van der Waals surface area contributed by atoms with Gasteiger partial charge in [0, 0.05) is 17.6 Å². The summed E-state index contributed by atoms with van der Waals surface area (Å²) >= 11 is 2.98. The van der Waals surface area contributed by atoms with E-state index in [9.17, 15) is 13.6 Å². The lowest BCUT2D eigenvalue weighted by Gasteiger charge is -2.26. The largest absolute Gasteiger partial charge is 0.351 e. The number of carbonyl (C=O) groups excluding carboxylic acids is 1. The van der Waals surface area contributed by atoms with Gasteiger partial charge < -0.3 is 10.2 Å². The Morgan fingerprint density at radius 2 is 1.80 bits per heavy atom. The summed E-state index contributed by atoms with van der Waals surface area (Å²) in [6.45, 7) is 3.16. The molecule has 1 fully saturated rings. The molecule has 20 heavy (non-hydrogen) atoms. The minimum atomic E-state index is -0.854. The number of amides is 1. The second-order valence-electron chi connectivity index (χ2n) is 4.90. The number of hydrogen-bond acceptors (Lipinski definition) is 2. The van der Waals surface area contributed by atoms with Crippen LogP contribution in [0.25, 0.3) is 0 Å². The molecule has 0 radical (unpaired) electrons. The molecule has 1 saturated heterocycles. The predicted octanol–water partition coefficient (Wildman–Crippen LogP) is 2.94. The maximum atomic E-state index is 13.6. The lowest BCUT2D eigenvalue weighted by atomic mass is 10.1. The summed E-state index contributed by atoms with van der Waals surface area (Å²) in [5.41, 5.74) is -0.521. The van der Waals surface area contributed by atoms with Gasteiger partial charge in [0.25, 0.3) is 5.91 Å². The van der Waals surface area contributed by atoms with Crippen LogP contribution in [0.5, 0.6) is 0 Å². The van der Waals surface area contributed by atoms with Crippen LogP contribution in [0, 0.1) is 11.6 Å². The van der Waals surface area contributed by atoms with E-state index in [4.69, 9.17) is 0 Å². The highest BCUT2D eigenvalue weighted by atomic mass is 79.9. The number of hydrogen-bond donors (Lipinski definition) is 1. The van der Waals surface area contributed by atoms with Crippen LogP contribution in [0.2, 0.25) is 0 Å². The van der Waals surface area contributed by atoms with E-state index in [-0.39, 0.29) is 4.47 Å². The van der Waals surface area contributed by atoms with Crippen molar-refractivity contribution in [2.45, 2.75) is 19.3 Å². The molecular formula is C14H17BrF2N2O. The van der Waals surface area contributed by atoms with Gasteiger partial charge in [-0.2, -0.15) is 0 Å². The number of nitrogens with one attached hydrogen (secondary N) is 1. The molecule has 0 aromatic heterocycles. The Balaban J connectivity index is 1.88. The third-order valence-corrected chi connectivity index (χ3v) is 3.85. The van der Waals surface area contributed by atoms with Gasteiger partial charge in [-0.1, -0.05) is 22.4 Å². The summed E-state index contributed by atoms with van der Waals surface area (Å²) in [4.78, 5) is 14.1. The first-order valence-corrected chi connectivity index (χ1v) is 7.52. The smallest absolute Gasteiger partial charge is 0.257 e. The van der Waals surface area contributed by atoms with Crippen molar-refractivity contribution in [1.29, 1.82) is 0 Å². The van der Waals surface area contributed by atoms with Gasteiger partial charge in [0.1, 0.15) is 17.2 Å². The third kappa shape index (κ3) is 3.99. The zero-order valence-electron chi connectivity index (χ0n) is 11.1. The number of rotatable bonds is 4. The monoisotopic (exact) mass is 346 g/mol. The lowest BCUT2D eigenvalue weighted by molar-refractivity contribution is 0.0938. The predicted molar refractivity (Wildman–Crippen MR) is 76.7 cm³/mol.